The summed E-state index contributed by atoms with van der Waals surface area (Å²) in [5.74, 6) is 2.84. The molecule has 132 heavy (non-hydrogen) atoms. The van der Waals surface area contributed by atoms with Crippen molar-refractivity contribution < 1.29 is 0 Å². The Balaban J connectivity index is 0.000000110. The van der Waals surface area contributed by atoms with E-state index < -0.39 is 0 Å². The predicted octanol–water partition coefficient (Wildman–Crippen LogP) is 29.6. The first-order chi connectivity index (χ1) is 65.4. The van der Waals surface area contributed by atoms with Crippen LogP contribution in [-0.2, 0) is 0 Å². The Bertz CT molecular complexity index is 7380. The van der Waals surface area contributed by atoms with Crippen molar-refractivity contribution in [2.75, 3.05) is 0 Å². The highest BCUT2D eigenvalue weighted by atomic mass is 14.9. The summed E-state index contributed by atoms with van der Waals surface area (Å²) in [7, 11) is 0. The lowest BCUT2D eigenvalue weighted by atomic mass is 10.00. The number of fused-ring (bicyclic) bond motifs is 3. The average Bonchev–Trinajstić information content (AvgIpc) is 0.797. The van der Waals surface area contributed by atoms with Gasteiger partial charge in [-0.05, 0) is 99.8 Å². The SMILES string of the molecule is c1ccc(-c2cc(-c3ccccc3)nc(-c3ccc(-c4cc5ccccc5cn4)cc3)n2)cc1.c1ccc(-c2cc(-c3ccccc3)nc(-c3ccc(-c4ccnc5ccccc45)cc3)n2)cc1.c1ccc(-c2cc(-c3ccccc3)nc(-c3ccc(-c4nccc5ccccc45)cc3)n2)cc1.c1ccc(-c2cc(-c3ccccc3)nc(-c3cccc(-c4ccncc4)c3)n2)cc1. The molecule has 0 fully saturated rings. The van der Waals surface area contributed by atoms with Crippen molar-refractivity contribution in [1.82, 2.24) is 59.8 Å². The van der Waals surface area contributed by atoms with Crippen LogP contribution in [0.4, 0.5) is 0 Å². The van der Waals surface area contributed by atoms with E-state index in [1.54, 1.807) is 0 Å². The highest BCUT2D eigenvalue weighted by Crippen LogP contribution is 2.38. The minimum Gasteiger partial charge on any atom is -0.265 e. The number of nitrogens with zero attached hydrogens (tertiary/aromatic N) is 12. The highest BCUT2D eigenvalue weighted by Gasteiger charge is 2.19. The fraction of sp³-hybridized carbons (Fsp3) is 0. The molecular formula is C120H82N12. The van der Waals surface area contributed by atoms with Crippen LogP contribution < -0.4 is 0 Å². The number of rotatable bonds is 16. The zero-order chi connectivity index (χ0) is 88.4. The Morgan fingerprint density at radius 2 is 0.447 bits per heavy atom. The van der Waals surface area contributed by atoms with E-state index in [2.05, 4.69) is 299 Å². The second-order valence-corrected chi connectivity index (χ2v) is 31.5. The van der Waals surface area contributed by atoms with Crippen molar-refractivity contribution in [3.05, 3.63) is 498 Å². The van der Waals surface area contributed by atoms with Crippen molar-refractivity contribution in [2.24, 2.45) is 0 Å². The third-order valence-corrected chi connectivity index (χ3v) is 22.9. The minimum atomic E-state index is 0.706. The average molecular weight is 1690 g/mol. The Hall–Kier alpha value is -18.0. The first kappa shape index (κ1) is 82.3. The molecule has 0 bridgehead atoms. The van der Waals surface area contributed by atoms with Gasteiger partial charge in [0.05, 0.1) is 62.5 Å². The Morgan fingerprint density at radius 3 is 0.856 bits per heavy atom. The zero-order valence-electron chi connectivity index (χ0n) is 71.7. The fourth-order valence-electron chi connectivity index (χ4n) is 16.0. The van der Waals surface area contributed by atoms with Gasteiger partial charge in [-0.25, -0.2) is 39.9 Å². The second kappa shape index (κ2) is 39.3. The maximum absolute atomic E-state index is 4.93. The monoisotopic (exact) mass is 1690 g/mol. The van der Waals surface area contributed by atoms with Crippen LogP contribution in [0.25, 0.3) is 213 Å². The van der Waals surface area contributed by atoms with Gasteiger partial charge in [-0.2, -0.15) is 0 Å². The van der Waals surface area contributed by atoms with Crippen molar-refractivity contribution in [3.8, 4) is 180 Å². The summed E-state index contributed by atoms with van der Waals surface area (Å²) in [4.78, 5) is 57.3. The fourth-order valence-corrected chi connectivity index (χ4v) is 16.0. The van der Waals surface area contributed by atoms with Gasteiger partial charge in [0.25, 0.3) is 0 Å². The molecule has 15 aromatic carbocycles. The van der Waals surface area contributed by atoms with Crippen LogP contribution in [0.3, 0.4) is 0 Å². The molecule has 0 saturated carbocycles. The largest absolute Gasteiger partial charge is 0.265 e. The summed E-state index contributed by atoms with van der Waals surface area (Å²) in [6.45, 7) is 0. The van der Waals surface area contributed by atoms with Gasteiger partial charge in [0.2, 0.25) is 0 Å². The number of hydrogen-bond acceptors (Lipinski definition) is 12. The number of para-hydroxylation sites is 1. The van der Waals surface area contributed by atoms with Crippen LogP contribution in [0.15, 0.2) is 498 Å². The molecule has 0 amide bonds. The van der Waals surface area contributed by atoms with Gasteiger partial charge >= 0.3 is 0 Å². The molecule has 0 radical (unpaired) electrons. The van der Waals surface area contributed by atoms with E-state index in [4.69, 9.17) is 39.9 Å². The van der Waals surface area contributed by atoms with E-state index in [1.165, 1.54) is 16.3 Å². The highest BCUT2D eigenvalue weighted by molar-refractivity contribution is 5.96. The molecule has 0 aliphatic carbocycles. The van der Waals surface area contributed by atoms with Gasteiger partial charge in [-0.1, -0.05) is 400 Å². The molecule has 0 unspecified atom stereocenters. The summed E-state index contributed by atoms with van der Waals surface area (Å²) in [6.07, 6.45) is 9.27. The summed E-state index contributed by atoms with van der Waals surface area (Å²) < 4.78 is 0. The third kappa shape index (κ3) is 19.2. The lowest BCUT2D eigenvalue weighted by molar-refractivity contribution is 1.18. The van der Waals surface area contributed by atoms with Crippen LogP contribution >= 0.6 is 0 Å². The molecule has 23 aromatic rings. The summed E-state index contributed by atoms with van der Waals surface area (Å²) >= 11 is 0. The van der Waals surface area contributed by atoms with Crippen LogP contribution in [0, 0.1) is 0 Å². The maximum Gasteiger partial charge on any atom is 0.160 e. The van der Waals surface area contributed by atoms with Gasteiger partial charge in [-0.15, -0.1) is 0 Å². The van der Waals surface area contributed by atoms with Gasteiger partial charge in [0.1, 0.15) is 0 Å². The lowest BCUT2D eigenvalue weighted by Gasteiger charge is -2.10. The summed E-state index contributed by atoms with van der Waals surface area (Å²) in [5, 5.41) is 5.80. The van der Waals surface area contributed by atoms with E-state index in [1.807, 2.05) is 219 Å². The Morgan fingerprint density at radius 1 is 0.144 bits per heavy atom. The molecule has 0 N–H and O–H groups in total. The molecule has 622 valence electrons. The Kier molecular flexibility index (Phi) is 24.5. The van der Waals surface area contributed by atoms with E-state index in [0.717, 1.165) is 173 Å². The number of hydrogen-bond donors (Lipinski definition) is 0. The van der Waals surface area contributed by atoms with Gasteiger partial charge < -0.3 is 0 Å². The zero-order valence-corrected chi connectivity index (χ0v) is 71.7. The molecule has 0 saturated heterocycles. The summed E-state index contributed by atoms with van der Waals surface area (Å²) in [6, 6.07) is 159. The predicted molar refractivity (Wildman–Crippen MR) is 539 cm³/mol. The van der Waals surface area contributed by atoms with E-state index in [9.17, 15) is 0 Å². The van der Waals surface area contributed by atoms with Gasteiger partial charge in [0, 0.05) is 125 Å². The molecule has 0 aliphatic rings. The molecule has 12 nitrogen and oxygen atoms in total. The first-order valence-electron chi connectivity index (χ1n) is 43.8. The topological polar surface area (TPSA) is 155 Å². The standard InChI is InChI=1S/3C31H21N3.C27H19N3/c1-3-10-23(11-4-1)28-21-29(24-12-5-2-6-13-24)34-31(33-28)26-17-15-25(16-18-26)30-27-14-8-7-9-22(27)19-20-32-30;1-3-9-22(10-4-1)29-20-30(23-11-5-2-6-12-23)34-31(33-29)25-17-15-24(16-18-25)28-19-26-13-7-8-14-27(26)21-32-28;1-3-9-23(10-4-1)29-21-30(24-11-5-2-6-12-24)34-31(33-29)25-17-15-22(16-18-25)26-19-20-32-28-14-8-7-13-27(26)28;1-3-8-21(9-4-1)25-19-26(22-10-5-2-6-11-22)30-27(29-25)24-13-7-12-23(18-24)20-14-16-28-17-15-20/h3*1-21H;1-19H. The third-order valence-electron chi connectivity index (χ3n) is 22.9. The normalized spacial score (nSPS) is 10.9. The Labute approximate surface area is 765 Å². The molecule has 0 spiro atoms. The number of aromatic nitrogens is 12. The number of benzene rings is 15. The first-order valence-corrected chi connectivity index (χ1v) is 43.8. The second-order valence-electron chi connectivity index (χ2n) is 31.5. The van der Waals surface area contributed by atoms with Crippen LogP contribution in [0.5, 0.6) is 0 Å². The van der Waals surface area contributed by atoms with Crippen LogP contribution in [-0.4, -0.2) is 59.8 Å². The van der Waals surface area contributed by atoms with E-state index in [-0.39, 0.29) is 0 Å². The molecular weight excluding hydrogens is 1610 g/mol. The smallest absolute Gasteiger partial charge is 0.160 e. The lowest BCUT2D eigenvalue weighted by Crippen LogP contribution is -1.96. The molecule has 0 aliphatic heterocycles. The van der Waals surface area contributed by atoms with Crippen molar-refractivity contribution >= 4 is 32.4 Å². The van der Waals surface area contributed by atoms with Crippen molar-refractivity contribution in [3.63, 3.8) is 0 Å². The van der Waals surface area contributed by atoms with Gasteiger partial charge in [-0.3, -0.25) is 19.9 Å². The quantitative estimate of drug-likeness (QED) is 0.0904. The maximum atomic E-state index is 4.93. The number of pyridine rings is 4. The minimum absolute atomic E-state index is 0.706. The molecule has 12 heteroatoms. The van der Waals surface area contributed by atoms with Crippen LogP contribution in [0.1, 0.15) is 0 Å². The van der Waals surface area contributed by atoms with Crippen molar-refractivity contribution in [1.29, 1.82) is 0 Å². The molecule has 23 rings (SSSR count). The summed E-state index contributed by atoms with van der Waals surface area (Å²) in [5.41, 5.74) is 29.4. The molecule has 0 atom stereocenters. The van der Waals surface area contributed by atoms with Crippen molar-refractivity contribution in [2.45, 2.75) is 0 Å². The molecule has 8 heterocycles. The van der Waals surface area contributed by atoms with Gasteiger partial charge in [0.15, 0.2) is 23.3 Å². The van der Waals surface area contributed by atoms with Crippen LogP contribution in [0.2, 0.25) is 0 Å². The molecule has 8 aromatic heterocycles. The van der Waals surface area contributed by atoms with E-state index in [0.29, 0.717) is 23.3 Å². The van der Waals surface area contributed by atoms with E-state index >= 15 is 0 Å².